The summed E-state index contributed by atoms with van der Waals surface area (Å²) < 4.78 is 39.5. The number of fused-ring (bicyclic) bond motifs is 1. The van der Waals surface area contributed by atoms with Crippen molar-refractivity contribution in [3.63, 3.8) is 0 Å². The Morgan fingerprint density at radius 3 is 2.51 bits per heavy atom. The summed E-state index contributed by atoms with van der Waals surface area (Å²) in [6.07, 6.45) is -1.01. The summed E-state index contributed by atoms with van der Waals surface area (Å²) in [6, 6.07) is 15.8. The Labute approximate surface area is 217 Å². The van der Waals surface area contributed by atoms with Crippen LogP contribution in [-0.4, -0.2) is 42.2 Å². The summed E-state index contributed by atoms with van der Waals surface area (Å²) in [4.78, 5) is 13.7. The summed E-state index contributed by atoms with van der Waals surface area (Å²) in [7, 11) is 0. The molecule has 1 heterocycles. The van der Waals surface area contributed by atoms with E-state index in [2.05, 4.69) is 11.4 Å². The van der Waals surface area contributed by atoms with Crippen molar-refractivity contribution in [3.8, 4) is 6.07 Å². The number of rotatable bonds is 9. The van der Waals surface area contributed by atoms with Crippen LogP contribution in [0, 0.1) is 23.1 Å². The molecule has 0 spiro atoms. The highest BCUT2D eigenvalue weighted by Gasteiger charge is 2.58. The predicted octanol–water partition coefficient (Wildman–Crippen LogP) is 4.62. The molecule has 8 heteroatoms. The van der Waals surface area contributed by atoms with Gasteiger partial charge in [-0.3, -0.25) is 4.79 Å². The summed E-state index contributed by atoms with van der Waals surface area (Å²) >= 11 is 0. The Morgan fingerprint density at radius 2 is 1.81 bits per heavy atom. The molecule has 0 unspecified atom stereocenters. The van der Waals surface area contributed by atoms with Crippen LogP contribution in [0.1, 0.15) is 57.2 Å². The van der Waals surface area contributed by atoms with Gasteiger partial charge in [0.1, 0.15) is 11.9 Å². The average Bonchev–Trinajstić information content (AvgIpc) is 3.19. The van der Waals surface area contributed by atoms with Crippen LogP contribution in [0.2, 0.25) is 0 Å². The van der Waals surface area contributed by atoms with Gasteiger partial charge in [0.25, 0.3) is 5.91 Å². The lowest BCUT2D eigenvalue weighted by molar-refractivity contribution is -0.183. The number of nitriles is 1. The van der Waals surface area contributed by atoms with E-state index in [1.54, 1.807) is 30.3 Å². The monoisotopic (exact) mass is 510 g/mol. The second kappa shape index (κ2) is 11.3. The van der Waals surface area contributed by atoms with Gasteiger partial charge >= 0.3 is 0 Å². The molecule has 1 N–H and O–H groups in total. The lowest BCUT2D eigenvalue weighted by Crippen LogP contribution is -2.60. The molecule has 37 heavy (non-hydrogen) atoms. The standard InChI is InChI=1S/C29H35FN2O5/c1-19(2)16-32-27(33)29(35-18-22-11-7-8-12-23(22)30)13-24(26-25(14-29)36-28(3,4)37-26)34-17-21-10-6-5-9-20(21)15-31/h5-12,19,24-26H,13-14,16-18H2,1-4H3,(H,32,33)/t24-,25-,26+,29-/m1/s1. The third-order valence-electron chi connectivity index (χ3n) is 6.79. The maximum absolute atomic E-state index is 14.4. The van der Waals surface area contributed by atoms with Crippen molar-refractivity contribution in [2.45, 2.75) is 83.5 Å². The fourth-order valence-corrected chi connectivity index (χ4v) is 4.95. The molecule has 2 aliphatic rings. The molecule has 1 aliphatic carbocycles. The van der Waals surface area contributed by atoms with Crippen LogP contribution in [0.5, 0.6) is 0 Å². The molecule has 1 amide bonds. The van der Waals surface area contributed by atoms with Gasteiger partial charge in [-0.05, 0) is 37.5 Å². The van der Waals surface area contributed by atoms with Crippen molar-refractivity contribution in [1.29, 1.82) is 5.26 Å². The maximum atomic E-state index is 14.4. The molecule has 7 nitrogen and oxygen atoms in total. The zero-order valence-corrected chi connectivity index (χ0v) is 21.8. The largest absolute Gasteiger partial charge is 0.371 e. The van der Waals surface area contributed by atoms with E-state index in [4.69, 9.17) is 18.9 Å². The van der Waals surface area contributed by atoms with Gasteiger partial charge in [-0.1, -0.05) is 50.2 Å². The topological polar surface area (TPSA) is 89.8 Å². The van der Waals surface area contributed by atoms with Crippen LogP contribution in [0.4, 0.5) is 4.39 Å². The lowest BCUT2D eigenvalue weighted by atomic mass is 9.78. The summed E-state index contributed by atoms with van der Waals surface area (Å²) in [5, 5.41) is 12.5. The number of hydrogen-bond donors (Lipinski definition) is 1. The molecule has 2 aromatic carbocycles. The molecule has 4 atom stereocenters. The van der Waals surface area contributed by atoms with Crippen LogP contribution < -0.4 is 5.32 Å². The minimum absolute atomic E-state index is 0.0760. The second-order valence-electron chi connectivity index (χ2n) is 10.6. The third kappa shape index (κ3) is 6.36. The number of amides is 1. The number of carbonyl (C=O) groups excluding carboxylic acids is 1. The van der Waals surface area contributed by atoms with Crippen LogP contribution in [0.15, 0.2) is 48.5 Å². The number of halogens is 1. The molecule has 1 saturated carbocycles. The minimum atomic E-state index is -1.32. The third-order valence-corrected chi connectivity index (χ3v) is 6.79. The fourth-order valence-electron chi connectivity index (χ4n) is 4.95. The van der Waals surface area contributed by atoms with Crippen LogP contribution in [0.3, 0.4) is 0 Å². The van der Waals surface area contributed by atoms with Gasteiger partial charge in [0, 0.05) is 24.9 Å². The highest BCUT2D eigenvalue weighted by atomic mass is 19.1. The van der Waals surface area contributed by atoms with Gasteiger partial charge < -0.3 is 24.3 Å². The Morgan fingerprint density at radius 1 is 1.11 bits per heavy atom. The van der Waals surface area contributed by atoms with E-state index in [-0.39, 0.29) is 37.9 Å². The molecular weight excluding hydrogens is 475 g/mol. The Bertz CT molecular complexity index is 1150. The van der Waals surface area contributed by atoms with Crippen molar-refractivity contribution in [2.24, 2.45) is 5.92 Å². The van der Waals surface area contributed by atoms with Crippen molar-refractivity contribution in [2.75, 3.05) is 6.54 Å². The molecule has 1 aliphatic heterocycles. The Hall–Kier alpha value is -2.83. The van der Waals surface area contributed by atoms with E-state index in [9.17, 15) is 14.4 Å². The van der Waals surface area contributed by atoms with Crippen molar-refractivity contribution >= 4 is 5.91 Å². The molecule has 0 aromatic heterocycles. The number of nitrogens with zero attached hydrogens (tertiary/aromatic N) is 1. The van der Waals surface area contributed by atoms with Crippen LogP contribution in [0.25, 0.3) is 0 Å². The summed E-state index contributed by atoms with van der Waals surface area (Å²) in [5.74, 6) is -1.30. The smallest absolute Gasteiger partial charge is 0.252 e. The molecule has 198 valence electrons. The van der Waals surface area contributed by atoms with Gasteiger partial charge in [-0.25, -0.2) is 4.39 Å². The highest BCUT2D eigenvalue weighted by Crippen LogP contribution is 2.44. The first-order valence-electron chi connectivity index (χ1n) is 12.7. The molecule has 1 saturated heterocycles. The number of carbonyl (C=O) groups is 1. The SMILES string of the molecule is CC(C)CNC(=O)[C@@]1(OCc2ccccc2F)C[C@@H](OCc2ccccc2C#N)[C@@H]2OC(C)(C)O[C@@H]2C1. The van der Waals surface area contributed by atoms with Gasteiger partial charge in [0.2, 0.25) is 0 Å². The Balaban J connectivity index is 1.63. The van der Waals surface area contributed by atoms with E-state index in [1.165, 1.54) is 6.07 Å². The normalized spacial score (nSPS) is 26.5. The molecule has 2 aromatic rings. The molecule has 0 radical (unpaired) electrons. The first-order chi connectivity index (χ1) is 17.6. The summed E-state index contributed by atoms with van der Waals surface area (Å²) in [6.45, 7) is 8.24. The van der Waals surface area contributed by atoms with Crippen molar-refractivity contribution < 1.29 is 28.1 Å². The lowest BCUT2D eigenvalue weighted by Gasteiger charge is -2.43. The van der Waals surface area contributed by atoms with E-state index in [0.717, 1.165) is 5.56 Å². The molecule has 4 rings (SSSR count). The van der Waals surface area contributed by atoms with Crippen molar-refractivity contribution in [1.82, 2.24) is 5.32 Å². The summed E-state index contributed by atoms with van der Waals surface area (Å²) in [5.41, 5.74) is 0.314. The zero-order valence-electron chi connectivity index (χ0n) is 21.8. The van der Waals surface area contributed by atoms with Gasteiger partial charge in [0.15, 0.2) is 11.4 Å². The average molecular weight is 511 g/mol. The first-order valence-corrected chi connectivity index (χ1v) is 12.7. The van der Waals surface area contributed by atoms with Gasteiger partial charge in [-0.2, -0.15) is 5.26 Å². The number of benzene rings is 2. The van der Waals surface area contributed by atoms with Gasteiger partial charge in [-0.15, -0.1) is 0 Å². The fraction of sp³-hybridized carbons (Fsp3) is 0.517. The van der Waals surface area contributed by atoms with E-state index in [0.29, 0.717) is 17.7 Å². The van der Waals surface area contributed by atoms with E-state index >= 15 is 0 Å². The molecule has 0 bridgehead atoms. The van der Waals surface area contributed by atoms with Crippen LogP contribution >= 0.6 is 0 Å². The quantitative estimate of drug-likeness (QED) is 0.529. The number of hydrogen-bond acceptors (Lipinski definition) is 6. The van der Waals surface area contributed by atoms with Gasteiger partial charge in [0.05, 0.1) is 37.1 Å². The first kappa shape index (κ1) is 27.2. The zero-order chi connectivity index (χ0) is 26.6. The highest BCUT2D eigenvalue weighted by molar-refractivity contribution is 5.85. The maximum Gasteiger partial charge on any atom is 0.252 e. The van der Waals surface area contributed by atoms with Crippen molar-refractivity contribution in [3.05, 3.63) is 71.0 Å². The predicted molar refractivity (Wildman–Crippen MR) is 135 cm³/mol. The minimum Gasteiger partial charge on any atom is -0.371 e. The van der Waals surface area contributed by atoms with Crippen LogP contribution in [-0.2, 0) is 37.0 Å². The number of nitrogens with one attached hydrogen (secondary N) is 1. The molecule has 2 fully saturated rings. The van der Waals surface area contributed by atoms with E-state index in [1.807, 2.05) is 39.8 Å². The van der Waals surface area contributed by atoms with E-state index < -0.39 is 35.5 Å². The Kier molecular flexibility index (Phi) is 8.29. The number of ether oxygens (including phenoxy) is 4. The molecular formula is C29H35FN2O5. The second-order valence-corrected chi connectivity index (χ2v) is 10.6.